The van der Waals surface area contributed by atoms with Gasteiger partial charge in [-0.05, 0) is 43.2 Å². The molecule has 1 saturated heterocycles. The van der Waals surface area contributed by atoms with Gasteiger partial charge in [0.05, 0.1) is 11.8 Å². The van der Waals surface area contributed by atoms with E-state index >= 15 is 0 Å². The van der Waals surface area contributed by atoms with Crippen molar-refractivity contribution in [2.45, 2.75) is 18.8 Å². The van der Waals surface area contributed by atoms with Crippen LogP contribution in [0.1, 0.15) is 34.9 Å². The predicted octanol–water partition coefficient (Wildman–Crippen LogP) is 3.43. The number of hydrogen-bond donors (Lipinski definition) is 0. The van der Waals surface area contributed by atoms with Gasteiger partial charge in [0.25, 0.3) is 11.8 Å². The van der Waals surface area contributed by atoms with Gasteiger partial charge in [-0.2, -0.15) is 4.98 Å². The minimum atomic E-state index is -0.538. The van der Waals surface area contributed by atoms with Crippen molar-refractivity contribution in [3.63, 3.8) is 0 Å². The van der Waals surface area contributed by atoms with Crippen molar-refractivity contribution >= 4 is 5.91 Å². The second-order valence-corrected chi connectivity index (χ2v) is 6.41. The third kappa shape index (κ3) is 3.55. The maximum Gasteiger partial charge on any atom is 0.261 e. The van der Waals surface area contributed by atoms with E-state index in [9.17, 15) is 13.6 Å². The maximum atomic E-state index is 13.8. The smallest absolute Gasteiger partial charge is 0.261 e. The van der Waals surface area contributed by atoms with Gasteiger partial charge in [0.1, 0.15) is 5.82 Å². The van der Waals surface area contributed by atoms with Crippen LogP contribution in [0.5, 0.6) is 0 Å². The van der Waals surface area contributed by atoms with Crippen molar-refractivity contribution in [2.24, 2.45) is 0 Å². The normalized spacial score (nSPS) is 17.1. The number of benzene rings is 1. The second-order valence-electron chi connectivity index (χ2n) is 6.41. The lowest BCUT2D eigenvalue weighted by molar-refractivity contribution is 0.0703. The van der Waals surface area contributed by atoms with Crippen molar-refractivity contribution in [2.75, 3.05) is 13.1 Å². The highest BCUT2D eigenvalue weighted by atomic mass is 19.1. The topological polar surface area (TPSA) is 72.1 Å². The average Bonchev–Trinajstić information content (AvgIpc) is 3.18. The predicted molar refractivity (Wildman–Crippen MR) is 91.8 cm³/mol. The molecule has 3 aromatic rings. The van der Waals surface area contributed by atoms with E-state index in [1.165, 1.54) is 36.5 Å². The molecule has 0 saturated carbocycles. The first-order valence-electron chi connectivity index (χ1n) is 8.60. The molecule has 0 aliphatic carbocycles. The molecule has 8 heteroatoms. The van der Waals surface area contributed by atoms with Crippen LogP contribution < -0.4 is 0 Å². The molecular formula is C19H16F2N4O2. The van der Waals surface area contributed by atoms with E-state index in [-0.39, 0.29) is 29.1 Å². The SMILES string of the molecule is O=C(c1ccc(F)cc1)N1CCCC(c2noc(-c3ccncc3F)n2)C1. The number of pyridine rings is 1. The number of nitrogens with zero attached hydrogens (tertiary/aromatic N) is 4. The number of carbonyl (C=O) groups excluding carboxylic acids is 1. The summed E-state index contributed by atoms with van der Waals surface area (Å²) in [6, 6.07) is 6.95. The van der Waals surface area contributed by atoms with Crippen molar-refractivity contribution in [1.82, 2.24) is 20.0 Å². The lowest BCUT2D eigenvalue weighted by Crippen LogP contribution is -2.39. The van der Waals surface area contributed by atoms with E-state index in [1.54, 1.807) is 4.90 Å². The Hall–Kier alpha value is -3.16. The number of piperidine rings is 1. The van der Waals surface area contributed by atoms with E-state index in [4.69, 9.17) is 4.52 Å². The lowest BCUT2D eigenvalue weighted by atomic mass is 9.96. The highest BCUT2D eigenvalue weighted by Gasteiger charge is 2.29. The van der Waals surface area contributed by atoms with E-state index in [0.29, 0.717) is 24.5 Å². The summed E-state index contributed by atoms with van der Waals surface area (Å²) in [5, 5.41) is 3.97. The Kier molecular flexibility index (Phi) is 4.62. The van der Waals surface area contributed by atoms with Gasteiger partial charge in [-0.1, -0.05) is 5.16 Å². The fourth-order valence-electron chi connectivity index (χ4n) is 3.21. The Balaban J connectivity index is 1.51. The largest absolute Gasteiger partial charge is 0.338 e. The van der Waals surface area contributed by atoms with E-state index < -0.39 is 5.82 Å². The van der Waals surface area contributed by atoms with Crippen LogP contribution in [0.4, 0.5) is 8.78 Å². The summed E-state index contributed by atoms with van der Waals surface area (Å²) in [6.07, 6.45) is 4.12. The van der Waals surface area contributed by atoms with Gasteiger partial charge in [0.2, 0.25) is 0 Å². The van der Waals surface area contributed by atoms with Crippen molar-refractivity contribution in [3.8, 4) is 11.5 Å². The fourth-order valence-corrected chi connectivity index (χ4v) is 3.21. The molecule has 1 fully saturated rings. The highest BCUT2D eigenvalue weighted by Crippen LogP contribution is 2.28. The van der Waals surface area contributed by atoms with Crippen LogP contribution in [-0.4, -0.2) is 39.0 Å². The molecule has 6 nitrogen and oxygen atoms in total. The van der Waals surface area contributed by atoms with Gasteiger partial charge in [-0.15, -0.1) is 0 Å². The summed E-state index contributed by atoms with van der Waals surface area (Å²) in [6.45, 7) is 1.03. The lowest BCUT2D eigenvalue weighted by Gasteiger charge is -2.31. The fraction of sp³-hybridized carbons (Fsp3) is 0.263. The molecule has 4 rings (SSSR count). The number of halogens is 2. The van der Waals surface area contributed by atoms with Crippen LogP contribution in [0.2, 0.25) is 0 Å². The Morgan fingerprint density at radius 3 is 2.78 bits per heavy atom. The summed E-state index contributed by atoms with van der Waals surface area (Å²) < 4.78 is 32.1. The number of likely N-dealkylation sites (tertiary alicyclic amines) is 1. The summed E-state index contributed by atoms with van der Waals surface area (Å²) in [7, 11) is 0. The standard InChI is InChI=1S/C19H16F2N4O2/c20-14-5-3-12(4-6-14)19(26)25-9-1-2-13(11-25)17-23-18(27-24-17)15-7-8-22-10-16(15)21/h3-8,10,13H,1-2,9,11H2. The maximum absolute atomic E-state index is 13.8. The molecule has 3 heterocycles. The zero-order chi connectivity index (χ0) is 18.8. The van der Waals surface area contributed by atoms with Crippen LogP contribution in [0.3, 0.4) is 0 Å². The minimum Gasteiger partial charge on any atom is -0.338 e. The first-order valence-corrected chi connectivity index (χ1v) is 8.60. The van der Waals surface area contributed by atoms with Crippen LogP contribution in [0.25, 0.3) is 11.5 Å². The Labute approximate surface area is 153 Å². The first kappa shape index (κ1) is 17.3. The van der Waals surface area contributed by atoms with Gasteiger partial charge in [0, 0.05) is 30.8 Å². The Bertz CT molecular complexity index is 958. The third-order valence-electron chi connectivity index (χ3n) is 4.61. The number of carbonyl (C=O) groups is 1. The van der Waals surface area contributed by atoms with Gasteiger partial charge >= 0.3 is 0 Å². The molecule has 1 atom stereocenters. The Morgan fingerprint density at radius 1 is 1.19 bits per heavy atom. The third-order valence-corrected chi connectivity index (χ3v) is 4.61. The summed E-state index contributed by atoms with van der Waals surface area (Å²) in [5.74, 6) is -0.658. The summed E-state index contributed by atoms with van der Waals surface area (Å²) >= 11 is 0. The van der Waals surface area contributed by atoms with Crippen LogP contribution in [0, 0.1) is 11.6 Å². The summed E-state index contributed by atoms with van der Waals surface area (Å²) in [5.41, 5.74) is 0.628. The highest BCUT2D eigenvalue weighted by molar-refractivity contribution is 5.94. The minimum absolute atomic E-state index is 0.0897. The van der Waals surface area contributed by atoms with Gasteiger partial charge in [0.15, 0.2) is 11.6 Å². The molecule has 1 amide bonds. The van der Waals surface area contributed by atoms with Crippen molar-refractivity contribution in [1.29, 1.82) is 0 Å². The zero-order valence-corrected chi connectivity index (χ0v) is 14.3. The first-order chi connectivity index (χ1) is 13.1. The molecule has 1 unspecified atom stereocenters. The molecule has 1 aromatic carbocycles. The molecule has 0 N–H and O–H groups in total. The Morgan fingerprint density at radius 2 is 2.00 bits per heavy atom. The number of aromatic nitrogens is 3. The molecule has 27 heavy (non-hydrogen) atoms. The average molecular weight is 370 g/mol. The zero-order valence-electron chi connectivity index (χ0n) is 14.3. The molecule has 1 aliphatic heterocycles. The van der Waals surface area contributed by atoms with Crippen molar-refractivity contribution < 1.29 is 18.1 Å². The molecule has 0 bridgehead atoms. The van der Waals surface area contributed by atoms with Crippen LogP contribution in [0.15, 0.2) is 47.2 Å². The van der Waals surface area contributed by atoms with Crippen molar-refractivity contribution in [3.05, 3.63) is 65.7 Å². The molecular weight excluding hydrogens is 354 g/mol. The molecule has 138 valence electrons. The van der Waals surface area contributed by atoms with Crippen LogP contribution >= 0.6 is 0 Å². The van der Waals surface area contributed by atoms with Gasteiger partial charge in [-0.3, -0.25) is 9.78 Å². The van der Waals surface area contributed by atoms with Gasteiger partial charge < -0.3 is 9.42 Å². The molecule has 0 spiro atoms. The molecule has 0 radical (unpaired) electrons. The second kappa shape index (κ2) is 7.22. The summed E-state index contributed by atoms with van der Waals surface area (Å²) in [4.78, 5) is 22.3. The monoisotopic (exact) mass is 370 g/mol. The molecule has 2 aromatic heterocycles. The number of hydrogen-bond acceptors (Lipinski definition) is 5. The van der Waals surface area contributed by atoms with E-state index in [0.717, 1.165) is 19.0 Å². The number of amides is 1. The van der Waals surface area contributed by atoms with Gasteiger partial charge in [-0.25, -0.2) is 8.78 Å². The number of rotatable bonds is 3. The van der Waals surface area contributed by atoms with E-state index in [2.05, 4.69) is 15.1 Å². The van der Waals surface area contributed by atoms with Crippen LogP contribution in [-0.2, 0) is 0 Å². The van der Waals surface area contributed by atoms with E-state index in [1.807, 2.05) is 0 Å². The molecule has 1 aliphatic rings. The quantitative estimate of drug-likeness (QED) is 0.706.